The molecule has 5 atom stereocenters. The Balaban J connectivity index is 1.59. The van der Waals surface area contributed by atoms with Gasteiger partial charge >= 0.3 is 11.9 Å². The predicted octanol–water partition coefficient (Wildman–Crippen LogP) is 4.01. The van der Waals surface area contributed by atoms with Crippen molar-refractivity contribution < 1.29 is 33.4 Å². The van der Waals surface area contributed by atoms with E-state index in [-0.39, 0.29) is 41.2 Å². The van der Waals surface area contributed by atoms with Gasteiger partial charge in [0.2, 0.25) is 0 Å². The van der Waals surface area contributed by atoms with Crippen LogP contribution >= 0.6 is 0 Å². The van der Waals surface area contributed by atoms with Crippen LogP contribution in [0.15, 0.2) is 35.9 Å². The summed E-state index contributed by atoms with van der Waals surface area (Å²) >= 11 is 0. The first-order valence-electron chi connectivity index (χ1n) is 11.7. The summed E-state index contributed by atoms with van der Waals surface area (Å²) in [6, 6.07) is 5.06. The van der Waals surface area contributed by atoms with Gasteiger partial charge in [-0.05, 0) is 79.2 Å². The smallest absolute Gasteiger partial charge is 0.338 e. The molecule has 0 aromatic heterocycles. The SMILES string of the molecule is C[C@@H]1C[C@H](O)[C@@]2(COC(=O)c3ccc(F)cc3)C(=O)CCC[C@@H]2[C@@]1(C)CCC1=CC(=O)OC1. The maximum Gasteiger partial charge on any atom is 0.338 e. The second-order valence-electron chi connectivity index (χ2n) is 10.1. The van der Waals surface area contributed by atoms with Gasteiger partial charge in [0, 0.05) is 12.5 Å². The summed E-state index contributed by atoms with van der Waals surface area (Å²) in [6.45, 7) is 4.36. The summed E-state index contributed by atoms with van der Waals surface area (Å²) in [6.07, 6.45) is 4.32. The van der Waals surface area contributed by atoms with Crippen LogP contribution < -0.4 is 0 Å². The molecular weight excluding hydrogens is 427 g/mol. The fourth-order valence-corrected chi connectivity index (χ4v) is 6.19. The molecule has 0 saturated heterocycles. The van der Waals surface area contributed by atoms with Crippen molar-refractivity contribution in [3.8, 4) is 0 Å². The summed E-state index contributed by atoms with van der Waals surface area (Å²) in [4.78, 5) is 37.5. The molecule has 1 heterocycles. The fraction of sp³-hybridized carbons (Fsp3) is 0.577. The van der Waals surface area contributed by atoms with Crippen LogP contribution in [0.1, 0.15) is 62.7 Å². The number of carbonyl (C=O) groups excluding carboxylic acids is 3. The van der Waals surface area contributed by atoms with E-state index in [1.165, 1.54) is 30.3 Å². The number of fused-ring (bicyclic) bond motifs is 1. The monoisotopic (exact) mass is 458 g/mol. The molecule has 3 aliphatic rings. The van der Waals surface area contributed by atoms with E-state index < -0.39 is 23.3 Å². The van der Waals surface area contributed by atoms with Gasteiger partial charge in [0.05, 0.1) is 17.1 Å². The molecule has 178 valence electrons. The Morgan fingerprint density at radius 3 is 2.67 bits per heavy atom. The fourth-order valence-electron chi connectivity index (χ4n) is 6.19. The first-order valence-corrected chi connectivity index (χ1v) is 11.7. The number of ketones is 1. The van der Waals surface area contributed by atoms with E-state index in [2.05, 4.69) is 13.8 Å². The number of ether oxygens (including phenoxy) is 2. The number of carbonyl (C=O) groups is 3. The van der Waals surface area contributed by atoms with Crippen LogP contribution in [0.4, 0.5) is 4.39 Å². The second kappa shape index (κ2) is 9.01. The molecule has 2 fully saturated rings. The third-order valence-electron chi connectivity index (χ3n) is 8.36. The van der Waals surface area contributed by atoms with Crippen molar-refractivity contribution in [2.45, 2.75) is 58.5 Å². The molecule has 0 unspecified atom stereocenters. The van der Waals surface area contributed by atoms with Crippen molar-refractivity contribution >= 4 is 17.7 Å². The minimum absolute atomic E-state index is 0.0603. The van der Waals surface area contributed by atoms with E-state index in [0.29, 0.717) is 25.9 Å². The average molecular weight is 459 g/mol. The maximum atomic E-state index is 13.4. The lowest BCUT2D eigenvalue weighted by molar-refractivity contribution is -0.187. The van der Waals surface area contributed by atoms with Crippen LogP contribution in [0.2, 0.25) is 0 Å². The molecular formula is C26H31FO6. The first kappa shape index (κ1) is 23.6. The van der Waals surface area contributed by atoms with Crippen molar-refractivity contribution in [1.29, 1.82) is 0 Å². The second-order valence-corrected chi connectivity index (χ2v) is 10.1. The predicted molar refractivity (Wildman–Crippen MR) is 118 cm³/mol. The maximum absolute atomic E-state index is 13.4. The van der Waals surface area contributed by atoms with Crippen LogP contribution in [0.3, 0.4) is 0 Å². The van der Waals surface area contributed by atoms with E-state index in [1.807, 2.05) is 0 Å². The number of rotatable bonds is 6. The van der Waals surface area contributed by atoms with Gasteiger partial charge in [0.25, 0.3) is 0 Å². The van der Waals surface area contributed by atoms with E-state index in [1.54, 1.807) is 0 Å². The van der Waals surface area contributed by atoms with Crippen LogP contribution in [0.25, 0.3) is 0 Å². The third kappa shape index (κ3) is 4.23. The Bertz CT molecular complexity index is 969. The molecule has 1 aromatic carbocycles. The van der Waals surface area contributed by atoms with Crippen LogP contribution in [0.5, 0.6) is 0 Å². The number of benzene rings is 1. The molecule has 1 aliphatic heterocycles. The number of hydrogen-bond acceptors (Lipinski definition) is 6. The zero-order valence-corrected chi connectivity index (χ0v) is 19.1. The van der Waals surface area contributed by atoms with Gasteiger partial charge in [-0.1, -0.05) is 13.8 Å². The van der Waals surface area contributed by atoms with Crippen molar-refractivity contribution in [2.24, 2.45) is 22.7 Å². The van der Waals surface area contributed by atoms with Gasteiger partial charge in [-0.25, -0.2) is 14.0 Å². The van der Waals surface area contributed by atoms with Gasteiger partial charge in [-0.2, -0.15) is 0 Å². The van der Waals surface area contributed by atoms with E-state index in [4.69, 9.17) is 9.47 Å². The molecule has 2 aliphatic carbocycles. The third-order valence-corrected chi connectivity index (χ3v) is 8.36. The van der Waals surface area contributed by atoms with Crippen LogP contribution in [-0.4, -0.2) is 42.1 Å². The highest BCUT2D eigenvalue weighted by atomic mass is 19.1. The number of aliphatic hydroxyl groups excluding tert-OH is 1. The van der Waals surface area contributed by atoms with Gasteiger partial charge in [-0.15, -0.1) is 0 Å². The Kier molecular flexibility index (Phi) is 6.45. The summed E-state index contributed by atoms with van der Waals surface area (Å²) in [7, 11) is 0. The Labute approximate surface area is 193 Å². The van der Waals surface area contributed by atoms with Gasteiger partial charge < -0.3 is 14.6 Å². The number of hydrogen-bond donors (Lipinski definition) is 1. The van der Waals surface area contributed by atoms with Gasteiger partial charge in [0.1, 0.15) is 24.8 Å². The number of halogens is 1. The van der Waals surface area contributed by atoms with Crippen molar-refractivity contribution in [2.75, 3.05) is 13.2 Å². The largest absolute Gasteiger partial charge is 0.461 e. The Morgan fingerprint density at radius 2 is 2.00 bits per heavy atom. The molecule has 6 nitrogen and oxygen atoms in total. The van der Waals surface area contributed by atoms with Gasteiger partial charge in [0.15, 0.2) is 0 Å². The topological polar surface area (TPSA) is 89.9 Å². The molecule has 33 heavy (non-hydrogen) atoms. The quantitative estimate of drug-likeness (QED) is 0.648. The summed E-state index contributed by atoms with van der Waals surface area (Å²) in [5, 5.41) is 11.2. The summed E-state index contributed by atoms with van der Waals surface area (Å²) in [5.74, 6) is -1.50. The lowest BCUT2D eigenvalue weighted by Crippen LogP contribution is -2.63. The average Bonchev–Trinajstić information content (AvgIpc) is 3.21. The molecule has 4 rings (SSSR count). The van der Waals surface area contributed by atoms with Crippen molar-refractivity contribution in [3.05, 3.63) is 47.3 Å². The highest BCUT2D eigenvalue weighted by molar-refractivity contribution is 5.91. The Morgan fingerprint density at radius 1 is 1.27 bits per heavy atom. The summed E-state index contributed by atoms with van der Waals surface area (Å²) < 4.78 is 23.9. The minimum atomic E-state index is -1.16. The number of aliphatic hydroxyl groups is 1. The lowest BCUT2D eigenvalue weighted by Gasteiger charge is -2.59. The van der Waals surface area contributed by atoms with Crippen LogP contribution in [0, 0.1) is 28.5 Å². The van der Waals surface area contributed by atoms with E-state index >= 15 is 0 Å². The zero-order valence-electron chi connectivity index (χ0n) is 19.1. The van der Waals surface area contributed by atoms with Crippen molar-refractivity contribution in [1.82, 2.24) is 0 Å². The number of Topliss-reactive ketones (excluding diaryl/α,β-unsaturated/α-hetero) is 1. The molecule has 2 saturated carbocycles. The lowest BCUT2D eigenvalue weighted by atomic mass is 9.45. The van der Waals surface area contributed by atoms with Crippen LogP contribution in [-0.2, 0) is 19.1 Å². The molecule has 0 radical (unpaired) electrons. The molecule has 7 heteroatoms. The standard InChI is InChI=1S/C26H31FO6/c1-16-12-22(29)26(15-33-24(31)18-6-8-19(27)9-7-18)20(4-3-5-21(26)28)25(16,2)11-10-17-13-23(30)32-14-17/h6-9,13,16,20,22,29H,3-5,10-12,14-15H2,1-2H3/t16-,20-,22+,25+,26-/m1/s1. The molecule has 0 amide bonds. The summed E-state index contributed by atoms with van der Waals surface area (Å²) in [5.41, 5.74) is -0.308. The zero-order chi connectivity index (χ0) is 23.8. The van der Waals surface area contributed by atoms with Gasteiger partial charge in [-0.3, -0.25) is 4.79 Å². The van der Waals surface area contributed by atoms with E-state index in [0.717, 1.165) is 24.8 Å². The van der Waals surface area contributed by atoms with E-state index in [9.17, 15) is 23.9 Å². The normalized spacial score (nSPS) is 33.8. The van der Waals surface area contributed by atoms with Crippen molar-refractivity contribution in [3.63, 3.8) is 0 Å². The molecule has 1 aromatic rings. The highest BCUT2D eigenvalue weighted by Crippen LogP contribution is 2.60. The first-order chi connectivity index (χ1) is 15.7. The number of esters is 2. The highest BCUT2D eigenvalue weighted by Gasteiger charge is 2.63. The Hall–Kier alpha value is -2.54. The minimum Gasteiger partial charge on any atom is -0.461 e. The number of cyclic esters (lactones) is 1. The molecule has 1 N–H and O–H groups in total. The molecule has 0 bridgehead atoms. The molecule has 0 spiro atoms.